The van der Waals surface area contributed by atoms with E-state index in [0.717, 1.165) is 62.5 Å². The Balaban J connectivity index is 1.09. The minimum absolute atomic E-state index is 0.00460. The molecule has 0 saturated carbocycles. The van der Waals surface area contributed by atoms with Crippen LogP contribution in [0.5, 0.6) is 0 Å². The summed E-state index contributed by atoms with van der Waals surface area (Å²) in [7, 11) is 0. The lowest BCUT2D eigenvalue weighted by atomic mass is 9.48. The first kappa shape index (κ1) is 60.5. The summed E-state index contributed by atoms with van der Waals surface area (Å²) in [6, 6.07) is 92.9. The number of fused-ring (bicyclic) bond motifs is 7. The molecule has 10 aromatic carbocycles. The van der Waals surface area contributed by atoms with Crippen molar-refractivity contribution >= 4 is 74.0 Å². The minimum atomic E-state index is -0.307. The zero-order valence-electron chi connectivity index (χ0n) is 57.5. The van der Waals surface area contributed by atoms with Gasteiger partial charge in [-0.3, -0.25) is 4.90 Å². The fourth-order valence-electron chi connectivity index (χ4n) is 14.6. The maximum Gasteiger partial charge on any atom is 0.353 e. The molecule has 0 atom stereocenters. The summed E-state index contributed by atoms with van der Waals surface area (Å²) in [6.07, 6.45) is 2.45. The average Bonchev–Trinajstić information content (AvgIpc) is 1.42. The molecule has 0 aliphatic carbocycles. The van der Waals surface area contributed by atoms with Gasteiger partial charge < -0.3 is 18.5 Å². The molecule has 13 aromatic rings. The zero-order chi connectivity index (χ0) is 65.5. The molecular weight excluding hydrogens is 1140 g/mol. The standard InChI is InChI=1S/C88H86BN5/c1-84(2,3)64-34-26-61(27-35-64)63-50-81-90(56-63)89-82-78(91(69-42-30-59(31-43-69)57-22-18-16-19-23-57)80-55-77(62-28-36-65(37-29-62)85(4,5)6)94(83(80)89)71-46-38-66(39-47-71)86(7,8)9)53-72(54-79(82)93(81)70-44-32-60(33-45-70)58-24-20-17-21-25-58)92-75-48-40-67(87(10,11)12)51-73(75)74-52-68(88(13,14)15)41-49-76(74)92/h16-56H,1-15H3. The van der Waals surface area contributed by atoms with Crippen LogP contribution in [-0.4, -0.2) is 20.5 Å². The van der Waals surface area contributed by atoms with E-state index in [1.165, 1.54) is 88.5 Å². The first-order valence-corrected chi connectivity index (χ1v) is 33.8. The molecule has 0 fully saturated rings. The molecule has 0 amide bonds. The molecule has 0 unspecified atom stereocenters. The number of benzene rings is 10. The van der Waals surface area contributed by atoms with Crippen molar-refractivity contribution in [3.63, 3.8) is 0 Å². The summed E-state index contributed by atoms with van der Waals surface area (Å²) in [5.41, 5.74) is 28.3. The minimum Gasteiger partial charge on any atom is -0.367 e. The molecule has 15 rings (SSSR count). The van der Waals surface area contributed by atoms with Crippen molar-refractivity contribution in [3.05, 3.63) is 277 Å². The van der Waals surface area contributed by atoms with Crippen LogP contribution in [0, 0.1) is 0 Å². The summed E-state index contributed by atoms with van der Waals surface area (Å²) in [5.74, 6) is 1.09. The van der Waals surface area contributed by atoms with Gasteiger partial charge in [-0.1, -0.05) is 262 Å². The molecule has 5 nitrogen and oxygen atoms in total. The van der Waals surface area contributed by atoms with Crippen molar-refractivity contribution in [2.24, 2.45) is 0 Å². The smallest absolute Gasteiger partial charge is 0.353 e. The Morgan fingerprint density at radius 3 is 1.11 bits per heavy atom. The van der Waals surface area contributed by atoms with Crippen LogP contribution in [0.2, 0.25) is 0 Å². The quantitative estimate of drug-likeness (QED) is 0.141. The molecule has 0 saturated heterocycles. The van der Waals surface area contributed by atoms with Gasteiger partial charge in [-0.25, -0.2) is 0 Å². The molecular formula is C88H86BN5. The van der Waals surface area contributed by atoms with E-state index in [-0.39, 0.29) is 33.9 Å². The SMILES string of the molecule is CC(C)(C)c1ccc(-c2cc3n(c2)B2c4c(cc(-n5c6ccc(C(C)(C)C)cc6c6cc(C(C)(C)C)ccc65)cc4N3c3ccc(-c4ccccc4)cc3)N(c3ccc(-c4ccccc4)cc3)c3cc(-c4ccc(C(C)(C)C)cc4)n(-c4ccc(C(C)(C)C)cc4)c32)cc1. The highest BCUT2D eigenvalue weighted by Crippen LogP contribution is 2.51. The molecule has 0 radical (unpaired) electrons. The first-order valence-electron chi connectivity index (χ1n) is 33.8. The van der Waals surface area contributed by atoms with E-state index >= 15 is 0 Å². The zero-order valence-corrected chi connectivity index (χ0v) is 57.5. The van der Waals surface area contributed by atoms with Crippen LogP contribution >= 0.6 is 0 Å². The molecule has 6 heteroatoms. The Morgan fingerprint density at radius 2 is 0.649 bits per heavy atom. The van der Waals surface area contributed by atoms with E-state index in [0.29, 0.717) is 0 Å². The van der Waals surface area contributed by atoms with E-state index in [4.69, 9.17) is 0 Å². The lowest BCUT2D eigenvalue weighted by Crippen LogP contribution is -2.60. The van der Waals surface area contributed by atoms with Gasteiger partial charge in [0.25, 0.3) is 0 Å². The van der Waals surface area contributed by atoms with Crippen LogP contribution < -0.4 is 20.9 Å². The maximum absolute atomic E-state index is 2.62. The summed E-state index contributed by atoms with van der Waals surface area (Å²) in [6.45, 7) is 34.4. The molecule has 2 aliphatic heterocycles. The summed E-state index contributed by atoms with van der Waals surface area (Å²) < 4.78 is 7.80. The Morgan fingerprint density at radius 1 is 0.277 bits per heavy atom. The van der Waals surface area contributed by atoms with Crippen molar-refractivity contribution in [2.75, 3.05) is 9.80 Å². The molecule has 0 bridgehead atoms. The number of aromatic nitrogens is 3. The second-order valence-electron chi connectivity index (χ2n) is 31.7. The lowest BCUT2D eigenvalue weighted by molar-refractivity contribution is 0.590. The molecule has 94 heavy (non-hydrogen) atoms. The van der Waals surface area contributed by atoms with Gasteiger partial charge in [0, 0.05) is 56.6 Å². The van der Waals surface area contributed by atoms with Crippen molar-refractivity contribution in [1.29, 1.82) is 0 Å². The lowest BCUT2D eigenvalue weighted by Gasteiger charge is -2.43. The second-order valence-corrected chi connectivity index (χ2v) is 31.7. The predicted molar refractivity (Wildman–Crippen MR) is 403 cm³/mol. The Bertz CT molecular complexity index is 4940. The largest absolute Gasteiger partial charge is 0.367 e. The second kappa shape index (κ2) is 21.9. The van der Waals surface area contributed by atoms with Crippen LogP contribution in [0.3, 0.4) is 0 Å². The van der Waals surface area contributed by atoms with Crippen LogP contribution in [0.4, 0.5) is 34.3 Å². The van der Waals surface area contributed by atoms with Gasteiger partial charge in [0.15, 0.2) is 0 Å². The normalized spacial score (nSPS) is 13.4. The predicted octanol–water partition coefficient (Wildman–Crippen LogP) is 22.8. The van der Waals surface area contributed by atoms with Gasteiger partial charge in [-0.05, 0) is 179 Å². The van der Waals surface area contributed by atoms with E-state index in [1.54, 1.807) is 0 Å². The van der Waals surface area contributed by atoms with Crippen LogP contribution in [-0.2, 0) is 27.1 Å². The average molecular weight is 1220 g/mol. The Kier molecular flexibility index (Phi) is 14.1. The van der Waals surface area contributed by atoms with E-state index < -0.39 is 0 Å². The number of hydrogen-bond acceptors (Lipinski definition) is 2. The third-order valence-electron chi connectivity index (χ3n) is 20.1. The summed E-state index contributed by atoms with van der Waals surface area (Å²) in [4.78, 5) is 5.18. The van der Waals surface area contributed by atoms with Crippen molar-refractivity contribution in [3.8, 4) is 56.0 Å². The Hall–Kier alpha value is -9.78. The van der Waals surface area contributed by atoms with Crippen molar-refractivity contribution in [2.45, 2.75) is 131 Å². The third-order valence-corrected chi connectivity index (χ3v) is 20.1. The maximum atomic E-state index is 2.62. The van der Waals surface area contributed by atoms with Crippen molar-refractivity contribution in [1.82, 2.24) is 13.6 Å². The van der Waals surface area contributed by atoms with Crippen LogP contribution in [0.25, 0.3) is 77.8 Å². The highest BCUT2D eigenvalue weighted by Gasteiger charge is 2.48. The monoisotopic (exact) mass is 1220 g/mol. The molecule has 2 aliphatic rings. The van der Waals surface area contributed by atoms with E-state index in [1.807, 2.05) is 0 Å². The Labute approximate surface area is 557 Å². The van der Waals surface area contributed by atoms with E-state index in [9.17, 15) is 0 Å². The van der Waals surface area contributed by atoms with E-state index in [2.05, 4.69) is 376 Å². The number of hydrogen-bond donors (Lipinski definition) is 0. The molecule has 3 aromatic heterocycles. The summed E-state index contributed by atoms with van der Waals surface area (Å²) >= 11 is 0. The van der Waals surface area contributed by atoms with Gasteiger partial charge in [0.1, 0.15) is 5.82 Å². The third kappa shape index (κ3) is 10.4. The van der Waals surface area contributed by atoms with Crippen LogP contribution in [0.15, 0.2) is 249 Å². The van der Waals surface area contributed by atoms with Crippen LogP contribution in [0.1, 0.15) is 132 Å². The fraction of sp³-hybridized carbons (Fsp3) is 0.227. The van der Waals surface area contributed by atoms with Gasteiger partial charge in [-0.15, -0.1) is 0 Å². The number of anilines is 6. The fourth-order valence-corrected chi connectivity index (χ4v) is 14.6. The number of rotatable bonds is 8. The highest BCUT2D eigenvalue weighted by atomic mass is 15.3. The van der Waals surface area contributed by atoms with Gasteiger partial charge >= 0.3 is 6.85 Å². The van der Waals surface area contributed by atoms with Gasteiger partial charge in [0.05, 0.1) is 28.1 Å². The summed E-state index contributed by atoms with van der Waals surface area (Å²) in [5, 5.41) is 2.52. The molecule has 5 heterocycles. The van der Waals surface area contributed by atoms with Gasteiger partial charge in [0.2, 0.25) is 0 Å². The molecule has 466 valence electrons. The highest BCUT2D eigenvalue weighted by molar-refractivity contribution is 6.89. The van der Waals surface area contributed by atoms with Gasteiger partial charge in [-0.2, -0.15) is 0 Å². The molecule has 0 spiro atoms. The molecule has 0 N–H and O–H groups in total. The first-order chi connectivity index (χ1) is 44.8. The number of nitrogens with zero attached hydrogens (tertiary/aromatic N) is 5. The van der Waals surface area contributed by atoms with Crippen molar-refractivity contribution < 1.29 is 0 Å². The topological polar surface area (TPSA) is 21.3 Å².